The number of nitrogens with one attached hydrogen (secondary N) is 1. The third-order valence-corrected chi connectivity index (χ3v) is 3.68. The van der Waals surface area contributed by atoms with Crippen LogP contribution in [0.3, 0.4) is 0 Å². The van der Waals surface area contributed by atoms with Crippen molar-refractivity contribution in [3.05, 3.63) is 0 Å². The van der Waals surface area contributed by atoms with E-state index in [0.717, 1.165) is 19.4 Å². The van der Waals surface area contributed by atoms with Crippen LogP contribution in [0.2, 0.25) is 0 Å². The smallest absolute Gasteiger partial charge is 0.220 e. The lowest BCUT2D eigenvalue weighted by atomic mass is 10.0. The van der Waals surface area contributed by atoms with Crippen LogP contribution in [0.1, 0.15) is 45.4 Å². The van der Waals surface area contributed by atoms with Crippen LogP contribution in [0.25, 0.3) is 0 Å². The lowest BCUT2D eigenvalue weighted by molar-refractivity contribution is -0.122. The van der Waals surface area contributed by atoms with Crippen molar-refractivity contribution in [1.29, 1.82) is 0 Å². The van der Waals surface area contributed by atoms with Gasteiger partial charge >= 0.3 is 0 Å². The highest BCUT2D eigenvalue weighted by Crippen LogP contribution is 2.06. The van der Waals surface area contributed by atoms with Crippen molar-refractivity contribution in [1.82, 2.24) is 5.32 Å². The summed E-state index contributed by atoms with van der Waals surface area (Å²) in [6.45, 7) is 3.51. The summed E-state index contributed by atoms with van der Waals surface area (Å²) in [6.07, 6.45) is 8.59. The van der Waals surface area contributed by atoms with Gasteiger partial charge in [0, 0.05) is 13.0 Å². The van der Waals surface area contributed by atoms with E-state index in [9.17, 15) is 4.79 Å². The number of unbranched alkanes of at least 4 members (excludes halogenated alkanes) is 3. The standard InChI is InChI=1S/C13H28N2OS/c1-3-12(11-14)10-13(16)15-8-6-4-5-7-9-17-2/h12H,3-11,14H2,1-2H3,(H,15,16). The maximum Gasteiger partial charge on any atom is 0.220 e. The predicted molar refractivity (Wildman–Crippen MR) is 77.3 cm³/mol. The van der Waals surface area contributed by atoms with Crippen LogP contribution in [0.15, 0.2) is 0 Å². The summed E-state index contributed by atoms with van der Waals surface area (Å²) < 4.78 is 0. The first kappa shape index (κ1) is 16.8. The van der Waals surface area contributed by atoms with Gasteiger partial charge in [0.05, 0.1) is 0 Å². The van der Waals surface area contributed by atoms with E-state index in [1.807, 2.05) is 11.8 Å². The fraction of sp³-hybridized carbons (Fsp3) is 0.923. The molecule has 0 fully saturated rings. The quantitative estimate of drug-likeness (QED) is 0.561. The first-order valence-electron chi connectivity index (χ1n) is 6.70. The van der Waals surface area contributed by atoms with E-state index in [-0.39, 0.29) is 5.91 Å². The van der Waals surface area contributed by atoms with Crippen molar-refractivity contribution in [3.8, 4) is 0 Å². The molecule has 4 heteroatoms. The second-order valence-corrected chi connectivity index (χ2v) is 5.46. The van der Waals surface area contributed by atoms with Gasteiger partial charge in [-0.25, -0.2) is 0 Å². The highest BCUT2D eigenvalue weighted by Gasteiger charge is 2.09. The van der Waals surface area contributed by atoms with E-state index in [2.05, 4.69) is 18.5 Å². The number of carbonyl (C=O) groups is 1. The first-order chi connectivity index (χ1) is 8.24. The molecule has 0 radical (unpaired) electrons. The Morgan fingerprint density at radius 3 is 2.59 bits per heavy atom. The summed E-state index contributed by atoms with van der Waals surface area (Å²) in [5.41, 5.74) is 5.57. The van der Waals surface area contributed by atoms with Crippen LogP contribution in [0, 0.1) is 5.92 Å². The molecule has 0 aromatic heterocycles. The third-order valence-electron chi connectivity index (χ3n) is 2.98. The molecule has 0 aliphatic rings. The Balaban J connectivity index is 3.33. The summed E-state index contributed by atoms with van der Waals surface area (Å²) in [6, 6.07) is 0. The Morgan fingerprint density at radius 1 is 1.29 bits per heavy atom. The molecular weight excluding hydrogens is 232 g/mol. The Labute approximate surface area is 110 Å². The van der Waals surface area contributed by atoms with Crippen LogP contribution in [-0.2, 0) is 4.79 Å². The van der Waals surface area contributed by atoms with E-state index >= 15 is 0 Å². The summed E-state index contributed by atoms with van der Waals surface area (Å²) in [5, 5.41) is 2.97. The highest BCUT2D eigenvalue weighted by molar-refractivity contribution is 7.98. The molecule has 0 aliphatic carbocycles. The molecule has 0 heterocycles. The Kier molecular flexibility index (Phi) is 12.1. The summed E-state index contributed by atoms with van der Waals surface area (Å²) in [4.78, 5) is 11.5. The average molecular weight is 260 g/mol. The lowest BCUT2D eigenvalue weighted by Crippen LogP contribution is -2.28. The van der Waals surface area contributed by atoms with Gasteiger partial charge in [-0.1, -0.05) is 26.2 Å². The van der Waals surface area contributed by atoms with Gasteiger partial charge < -0.3 is 11.1 Å². The SMILES string of the molecule is CCC(CN)CC(=O)NCCCCCCSC. The van der Waals surface area contributed by atoms with Gasteiger partial charge in [-0.2, -0.15) is 11.8 Å². The molecule has 0 saturated carbocycles. The molecule has 0 bridgehead atoms. The molecular formula is C13H28N2OS. The van der Waals surface area contributed by atoms with Crippen molar-refractivity contribution < 1.29 is 4.79 Å². The number of amides is 1. The summed E-state index contributed by atoms with van der Waals surface area (Å²) in [5.74, 6) is 1.75. The molecule has 0 aromatic rings. The molecule has 102 valence electrons. The number of nitrogens with two attached hydrogens (primary N) is 1. The Morgan fingerprint density at radius 2 is 2.00 bits per heavy atom. The second-order valence-electron chi connectivity index (χ2n) is 4.47. The first-order valence-corrected chi connectivity index (χ1v) is 8.09. The number of hydrogen-bond acceptors (Lipinski definition) is 3. The Bertz CT molecular complexity index is 184. The molecule has 17 heavy (non-hydrogen) atoms. The van der Waals surface area contributed by atoms with Gasteiger partial charge in [0.2, 0.25) is 5.91 Å². The van der Waals surface area contributed by atoms with Crippen molar-refractivity contribution in [2.24, 2.45) is 11.7 Å². The van der Waals surface area contributed by atoms with Crippen molar-refractivity contribution in [3.63, 3.8) is 0 Å². The van der Waals surface area contributed by atoms with Gasteiger partial charge in [0.15, 0.2) is 0 Å². The maximum atomic E-state index is 11.5. The molecule has 0 rings (SSSR count). The van der Waals surface area contributed by atoms with Crippen LogP contribution < -0.4 is 11.1 Å². The normalized spacial score (nSPS) is 12.4. The molecule has 3 N–H and O–H groups in total. The van der Waals surface area contributed by atoms with E-state index < -0.39 is 0 Å². The van der Waals surface area contributed by atoms with Crippen LogP contribution in [-0.4, -0.2) is 31.0 Å². The third kappa shape index (κ3) is 10.6. The minimum atomic E-state index is 0.159. The van der Waals surface area contributed by atoms with E-state index in [1.54, 1.807) is 0 Å². The van der Waals surface area contributed by atoms with Crippen molar-refractivity contribution >= 4 is 17.7 Å². The minimum Gasteiger partial charge on any atom is -0.356 e. The van der Waals surface area contributed by atoms with Crippen LogP contribution in [0.5, 0.6) is 0 Å². The molecule has 0 aliphatic heterocycles. The van der Waals surface area contributed by atoms with E-state index in [4.69, 9.17) is 5.73 Å². The molecule has 1 atom stereocenters. The Hall–Kier alpha value is -0.220. The predicted octanol–water partition coefficient (Wildman–Crippen LogP) is 2.40. The van der Waals surface area contributed by atoms with Crippen molar-refractivity contribution in [2.45, 2.75) is 45.4 Å². The molecule has 1 unspecified atom stereocenters. The van der Waals surface area contributed by atoms with Gasteiger partial charge in [-0.05, 0) is 37.3 Å². The van der Waals surface area contributed by atoms with Gasteiger partial charge in [-0.3, -0.25) is 4.79 Å². The zero-order valence-corrected chi connectivity index (χ0v) is 12.2. The molecule has 3 nitrogen and oxygen atoms in total. The summed E-state index contributed by atoms with van der Waals surface area (Å²) >= 11 is 1.90. The lowest BCUT2D eigenvalue weighted by Gasteiger charge is -2.11. The van der Waals surface area contributed by atoms with Crippen molar-refractivity contribution in [2.75, 3.05) is 25.1 Å². The average Bonchev–Trinajstić information content (AvgIpc) is 2.34. The van der Waals surface area contributed by atoms with E-state index in [0.29, 0.717) is 18.9 Å². The fourth-order valence-corrected chi connectivity index (χ4v) is 2.17. The van der Waals surface area contributed by atoms with Crippen LogP contribution >= 0.6 is 11.8 Å². The zero-order valence-electron chi connectivity index (χ0n) is 11.3. The van der Waals surface area contributed by atoms with E-state index in [1.165, 1.54) is 25.0 Å². The number of hydrogen-bond donors (Lipinski definition) is 2. The van der Waals surface area contributed by atoms with Gasteiger partial charge in [0.25, 0.3) is 0 Å². The topological polar surface area (TPSA) is 55.1 Å². The van der Waals surface area contributed by atoms with Gasteiger partial charge in [0.1, 0.15) is 0 Å². The van der Waals surface area contributed by atoms with Crippen LogP contribution in [0.4, 0.5) is 0 Å². The zero-order chi connectivity index (χ0) is 12.9. The molecule has 1 amide bonds. The minimum absolute atomic E-state index is 0.159. The molecule has 0 spiro atoms. The summed E-state index contributed by atoms with van der Waals surface area (Å²) in [7, 11) is 0. The monoisotopic (exact) mass is 260 g/mol. The number of rotatable bonds is 11. The molecule has 0 saturated heterocycles. The molecule has 0 aromatic carbocycles. The fourth-order valence-electron chi connectivity index (χ4n) is 1.68. The highest BCUT2D eigenvalue weighted by atomic mass is 32.2. The second kappa shape index (κ2) is 12.2. The largest absolute Gasteiger partial charge is 0.356 e. The number of thioether (sulfide) groups is 1. The maximum absolute atomic E-state index is 11.5. The number of carbonyl (C=O) groups excluding carboxylic acids is 1. The van der Waals surface area contributed by atoms with Gasteiger partial charge in [-0.15, -0.1) is 0 Å².